The molecule has 1 aliphatic rings. The molecule has 0 unspecified atom stereocenters. The third-order valence-electron chi connectivity index (χ3n) is 3.72. The van der Waals surface area contributed by atoms with Crippen LogP contribution >= 0.6 is 22.7 Å². The van der Waals surface area contributed by atoms with Gasteiger partial charge >= 0.3 is 0 Å². The molecule has 0 bridgehead atoms. The number of piperazine rings is 1. The van der Waals surface area contributed by atoms with Crippen molar-refractivity contribution in [3.8, 4) is 0 Å². The maximum Gasteiger partial charge on any atom is 0.252 e. The molecular formula is C14H18N2O3S3. The maximum absolute atomic E-state index is 12.4. The van der Waals surface area contributed by atoms with Crippen molar-refractivity contribution in [2.45, 2.75) is 10.3 Å². The van der Waals surface area contributed by atoms with E-state index in [0.717, 1.165) is 4.88 Å². The molecule has 1 fully saturated rings. The number of rotatable bonds is 5. The van der Waals surface area contributed by atoms with E-state index in [9.17, 15) is 13.5 Å². The molecule has 0 radical (unpaired) electrons. The summed E-state index contributed by atoms with van der Waals surface area (Å²) >= 11 is 2.79. The molecule has 2 aromatic rings. The normalized spacial score (nSPS) is 19.3. The number of hydrogen-bond acceptors (Lipinski definition) is 6. The molecule has 3 rings (SSSR count). The highest BCUT2D eigenvalue weighted by molar-refractivity contribution is 7.91. The first-order chi connectivity index (χ1) is 10.6. The Morgan fingerprint density at radius 3 is 2.36 bits per heavy atom. The fourth-order valence-corrected chi connectivity index (χ4v) is 5.78. The number of sulfonamides is 1. The minimum absolute atomic E-state index is 0.402. The van der Waals surface area contributed by atoms with Gasteiger partial charge < -0.3 is 5.11 Å². The van der Waals surface area contributed by atoms with Crippen LogP contribution in [-0.4, -0.2) is 55.5 Å². The van der Waals surface area contributed by atoms with Crippen molar-refractivity contribution in [2.24, 2.45) is 0 Å². The zero-order valence-electron chi connectivity index (χ0n) is 12.0. The van der Waals surface area contributed by atoms with Crippen LogP contribution in [0.3, 0.4) is 0 Å². The first-order valence-electron chi connectivity index (χ1n) is 7.05. The Kier molecular flexibility index (Phi) is 4.96. The topological polar surface area (TPSA) is 60.9 Å². The van der Waals surface area contributed by atoms with Crippen LogP contribution in [-0.2, 0) is 10.0 Å². The third kappa shape index (κ3) is 3.42. The highest BCUT2D eigenvalue weighted by atomic mass is 32.2. The van der Waals surface area contributed by atoms with E-state index in [0.29, 0.717) is 36.9 Å². The lowest BCUT2D eigenvalue weighted by molar-refractivity contribution is 0.0943. The van der Waals surface area contributed by atoms with Gasteiger partial charge in [0.25, 0.3) is 10.0 Å². The van der Waals surface area contributed by atoms with E-state index in [1.165, 1.54) is 15.6 Å². The predicted octanol–water partition coefficient (Wildman–Crippen LogP) is 1.85. The zero-order valence-corrected chi connectivity index (χ0v) is 14.4. The van der Waals surface area contributed by atoms with Gasteiger partial charge in [-0.1, -0.05) is 12.1 Å². The fourth-order valence-electron chi connectivity index (χ4n) is 2.51. The molecule has 8 heteroatoms. The molecule has 3 heterocycles. The van der Waals surface area contributed by atoms with Gasteiger partial charge in [0, 0.05) is 37.6 Å². The second kappa shape index (κ2) is 6.77. The van der Waals surface area contributed by atoms with E-state index in [4.69, 9.17) is 0 Å². The number of nitrogens with zero attached hydrogens (tertiary/aromatic N) is 2. The third-order valence-corrected chi connectivity index (χ3v) is 7.97. The van der Waals surface area contributed by atoms with Gasteiger partial charge in [-0.05, 0) is 22.9 Å². The highest BCUT2D eigenvalue weighted by Gasteiger charge is 2.29. The van der Waals surface area contributed by atoms with Crippen LogP contribution in [0, 0.1) is 0 Å². The maximum atomic E-state index is 12.4. The monoisotopic (exact) mass is 358 g/mol. The van der Waals surface area contributed by atoms with Crippen LogP contribution < -0.4 is 0 Å². The van der Waals surface area contributed by atoms with Crippen LogP contribution in [0.4, 0.5) is 0 Å². The average molecular weight is 359 g/mol. The van der Waals surface area contributed by atoms with Crippen molar-refractivity contribution in [3.63, 3.8) is 0 Å². The van der Waals surface area contributed by atoms with Crippen LogP contribution in [0.15, 0.2) is 39.2 Å². The molecule has 5 nitrogen and oxygen atoms in total. The van der Waals surface area contributed by atoms with Gasteiger partial charge in [-0.3, -0.25) is 4.90 Å². The molecule has 22 heavy (non-hydrogen) atoms. The van der Waals surface area contributed by atoms with Gasteiger partial charge in [0.2, 0.25) is 0 Å². The molecule has 2 aromatic heterocycles. The number of thiophene rings is 2. The first kappa shape index (κ1) is 16.1. The van der Waals surface area contributed by atoms with E-state index in [-0.39, 0.29) is 0 Å². The molecule has 0 aliphatic carbocycles. The van der Waals surface area contributed by atoms with Crippen molar-refractivity contribution < 1.29 is 13.5 Å². The number of aliphatic hydroxyl groups excluding tert-OH is 1. The molecule has 1 saturated heterocycles. The van der Waals surface area contributed by atoms with Crippen molar-refractivity contribution in [1.82, 2.24) is 9.21 Å². The van der Waals surface area contributed by atoms with E-state index in [1.807, 2.05) is 17.5 Å². The lowest BCUT2D eigenvalue weighted by atomic mass is 10.2. The van der Waals surface area contributed by atoms with Gasteiger partial charge in [-0.15, -0.1) is 22.7 Å². The van der Waals surface area contributed by atoms with Gasteiger partial charge in [0.1, 0.15) is 10.3 Å². The van der Waals surface area contributed by atoms with E-state index >= 15 is 0 Å². The summed E-state index contributed by atoms with van der Waals surface area (Å²) in [6.45, 7) is 2.78. The van der Waals surface area contributed by atoms with Crippen LogP contribution in [0.2, 0.25) is 0 Å². The quantitative estimate of drug-likeness (QED) is 0.886. The van der Waals surface area contributed by atoms with Gasteiger partial charge in [0.15, 0.2) is 0 Å². The Morgan fingerprint density at radius 2 is 1.77 bits per heavy atom. The standard InChI is InChI=1S/C14H18N2O3S3/c17-12(13-3-1-9-20-13)11-15-5-7-16(8-6-15)22(18,19)14-4-2-10-21-14/h1-4,9-10,12,17H,5-8,11H2/t12-/m1/s1. The Morgan fingerprint density at radius 1 is 1.09 bits per heavy atom. The van der Waals surface area contributed by atoms with Gasteiger partial charge in [0.05, 0.1) is 0 Å². The smallest absolute Gasteiger partial charge is 0.252 e. The molecule has 0 aromatic carbocycles. The molecule has 120 valence electrons. The zero-order chi connectivity index (χ0) is 15.6. The minimum Gasteiger partial charge on any atom is -0.386 e. The minimum atomic E-state index is -3.35. The molecule has 0 amide bonds. The summed E-state index contributed by atoms with van der Waals surface area (Å²) in [4.78, 5) is 3.07. The van der Waals surface area contributed by atoms with Crippen molar-refractivity contribution in [1.29, 1.82) is 0 Å². The predicted molar refractivity (Wildman–Crippen MR) is 88.8 cm³/mol. The fraction of sp³-hybridized carbons (Fsp3) is 0.429. The van der Waals surface area contributed by atoms with Crippen LogP contribution in [0.25, 0.3) is 0 Å². The van der Waals surface area contributed by atoms with Crippen molar-refractivity contribution in [3.05, 3.63) is 39.9 Å². The van der Waals surface area contributed by atoms with E-state index in [2.05, 4.69) is 4.90 Å². The second-order valence-corrected chi connectivity index (χ2v) is 9.26. The Balaban J connectivity index is 1.57. The summed E-state index contributed by atoms with van der Waals surface area (Å²) in [5.74, 6) is 0. The molecule has 1 N–H and O–H groups in total. The number of hydrogen-bond donors (Lipinski definition) is 1. The molecule has 1 atom stereocenters. The molecule has 0 spiro atoms. The summed E-state index contributed by atoms with van der Waals surface area (Å²) in [5, 5.41) is 13.9. The summed E-state index contributed by atoms with van der Waals surface area (Å²) in [5.41, 5.74) is 0. The molecule has 1 aliphatic heterocycles. The Bertz CT molecular complexity index is 675. The molecular weight excluding hydrogens is 340 g/mol. The van der Waals surface area contributed by atoms with E-state index < -0.39 is 16.1 Å². The summed E-state index contributed by atoms with van der Waals surface area (Å²) in [6, 6.07) is 7.25. The Labute approximate surface area is 138 Å². The second-order valence-electron chi connectivity index (χ2n) is 5.17. The largest absolute Gasteiger partial charge is 0.386 e. The SMILES string of the molecule is O=S(=O)(c1cccs1)N1CCN(C[C@@H](O)c2cccs2)CC1. The number of β-amino-alcohol motifs (C(OH)–C–C–N with tert-alkyl or cyclic N) is 1. The lowest BCUT2D eigenvalue weighted by Gasteiger charge is -2.34. The Hall–Kier alpha value is -0.770. The number of aliphatic hydroxyl groups is 1. The lowest BCUT2D eigenvalue weighted by Crippen LogP contribution is -2.49. The first-order valence-corrected chi connectivity index (χ1v) is 10.2. The van der Waals surface area contributed by atoms with Gasteiger partial charge in [-0.25, -0.2) is 8.42 Å². The van der Waals surface area contributed by atoms with Gasteiger partial charge in [-0.2, -0.15) is 4.31 Å². The molecule has 0 saturated carbocycles. The van der Waals surface area contributed by atoms with E-state index in [1.54, 1.807) is 28.8 Å². The van der Waals surface area contributed by atoms with Crippen LogP contribution in [0.5, 0.6) is 0 Å². The van der Waals surface area contributed by atoms with Crippen molar-refractivity contribution >= 4 is 32.7 Å². The average Bonchev–Trinajstić information content (AvgIpc) is 3.21. The van der Waals surface area contributed by atoms with Crippen molar-refractivity contribution in [2.75, 3.05) is 32.7 Å². The van der Waals surface area contributed by atoms with Crippen LogP contribution in [0.1, 0.15) is 11.0 Å². The summed E-state index contributed by atoms with van der Waals surface area (Å²) in [6.07, 6.45) is -0.500. The highest BCUT2D eigenvalue weighted by Crippen LogP contribution is 2.23. The summed E-state index contributed by atoms with van der Waals surface area (Å²) in [7, 11) is -3.35. The summed E-state index contributed by atoms with van der Waals surface area (Å²) < 4.78 is 26.8.